The number of ether oxygens (including phenoxy) is 1. The van der Waals surface area contributed by atoms with Crippen molar-refractivity contribution in [1.82, 2.24) is 20.0 Å². The second-order valence-electron chi connectivity index (χ2n) is 6.16. The third-order valence-corrected chi connectivity index (χ3v) is 4.46. The third-order valence-electron chi connectivity index (χ3n) is 4.46. The number of rotatable bonds is 4. The van der Waals surface area contributed by atoms with Crippen molar-refractivity contribution in [2.24, 2.45) is 5.92 Å². The van der Waals surface area contributed by atoms with Gasteiger partial charge in [-0.25, -0.2) is 0 Å². The quantitative estimate of drug-likeness (QED) is 0.728. The van der Waals surface area contributed by atoms with Crippen molar-refractivity contribution >= 4 is 0 Å². The number of hydrogen-bond acceptors (Lipinski definition) is 6. The van der Waals surface area contributed by atoms with Gasteiger partial charge in [-0.2, -0.15) is 10.4 Å². The van der Waals surface area contributed by atoms with Crippen LogP contribution in [0.25, 0.3) is 11.5 Å². The van der Waals surface area contributed by atoms with Gasteiger partial charge in [0.15, 0.2) is 0 Å². The van der Waals surface area contributed by atoms with Gasteiger partial charge < -0.3 is 9.15 Å². The molecular weight excluding hydrogens is 318 g/mol. The van der Waals surface area contributed by atoms with Crippen LogP contribution in [0.15, 0.2) is 41.1 Å². The molecule has 1 aliphatic heterocycles. The first-order chi connectivity index (χ1) is 12.2. The molecule has 0 saturated carbocycles. The minimum Gasteiger partial charge on any atom is -0.418 e. The topological polar surface area (TPSA) is 89.8 Å². The van der Waals surface area contributed by atoms with Crippen molar-refractivity contribution in [3.05, 3.63) is 53.7 Å². The minimum absolute atomic E-state index is 0.218. The Balaban J connectivity index is 1.57. The number of nitrogens with zero attached hydrogens (tertiary/aromatic N) is 5. The monoisotopic (exact) mass is 335 g/mol. The molecule has 3 aromatic rings. The molecule has 1 saturated heterocycles. The lowest BCUT2D eigenvalue weighted by Gasteiger charge is -2.14. The molecule has 2 aromatic heterocycles. The minimum atomic E-state index is -0.218. The SMILES string of the molecule is Cc1cc(C#N)ccc1-c1nnc([C@H]2OCC[C@H]2Cn2cccn2)o1. The van der Waals surface area contributed by atoms with Crippen LogP contribution in [-0.4, -0.2) is 26.6 Å². The van der Waals surface area contributed by atoms with Gasteiger partial charge in [-0.05, 0) is 43.2 Å². The van der Waals surface area contributed by atoms with Crippen LogP contribution < -0.4 is 0 Å². The van der Waals surface area contributed by atoms with Gasteiger partial charge in [-0.3, -0.25) is 4.68 Å². The van der Waals surface area contributed by atoms with Gasteiger partial charge in [-0.1, -0.05) is 0 Å². The van der Waals surface area contributed by atoms with Crippen LogP contribution in [0.2, 0.25) is 0 Å². The zero-order valence-corrected chi connectivity index (χ0v) is 13.8. The van der Waals surface area contributed by atoms with E-state index in [4.69, 9.17) is 14.4 Å². The first-order valence-corrected chi connectivity index (χ1v) is 8.18. The maximum Gasteiger partial charge on any atom is 0.248 e. The largest absolute Gasteiger partial charge is 0.418 e. The Labute approximate surface area is 144 Å². The number of hydrogen-bond donors (Lipinski definition) is 0. The lowest BCUT2D eigenvalue weighted by atomic mass is 10.0. The molecule has 25 heavy (non-hydrogen) atoms. The van der Waals surface area contributed by atoms with Crippen LogP contribution >= 0.6 is 0 Å². The lowest BCUT2D eigenvalue weighted by Crippen LogP contribution is -2.15. The van der Waals surface area contributed by atoms with E-state index >= 15 is 0 Å². The Hall–Kier alpha value is -2.98. The summed E-state index contributed by atoms with van der Waals surface area (Å²) in [5, 5.41) is 21.6. The molecule has 3 heterocycles. The maximum atomic E-state index is 8.98. The Morgan fingerprint density at radius 3 is 3.04 bits per heavy atom. The molecule has 7 heteroatoms. The highest BCUT2D eigenvalue weighted by Crippen LogP contribution is 2.36. The van der Waals surface area contributed by atoms with E-state index in [0.29, 0.717) is 24.0 Å². The summed E-state index contributed by atoms with van der Waals surface area (Å²) >= 11 is 0. The van der Waals surface area contributed by atoms with Crippen LogP contribution in [0, 0.1) is 24.2 Å². The molecule has 0 aliphatic carbocycles. The summed E-state index contributed by atoms with van der Waals surface area (Å²) in [4.78, 5) is 0. The highest BCUT2D eigenvalue weighted by Gasteiger charge is 2.34. The highest BCUT2D eigenvalue weighted by molar-refractivity contribution is 5.59. The second kappa shape index (κ2) is 6.49. The molecule has 1 aromatic carbocycles. The Morgan fingerprint density at radius 2 is 2.28 bits per heavy atom. The average Bonchev–Trinajstić information content (AvgIpc) is 3.36. The number of aromatic nitrogens is 4. The smallest absolute Gasteiger partial charge is 0.248 e. The van der Waals surface area contributed by atoms with Crippen molar-refractivity contribution in [3.63, 3.8) is 0 Å². The molecule has 0 spiro atoms. The van der Waals surface area contributed by atoms with Gasteiger partial charge in [-0.15, -0.1) is 10.2 Å². The van der Waals surface area contributed by atoms with Crippen molar-refractivity contribution in [2.75, 3.05) is 6.61 Å². The molecule has 0 amide bonds. The molecule has 126 valence electrons. The van der Waals surface area contributed by atoms with Crippen LogP contribution in [0.1, 0.15) is 29.5 Å². The summed E-state index contributed by atoms with van der Waals surface area (Å²) in [5.74, 6) is 1.19. The van der Waals surface area contributed by atoms with Crippen LogP contribution in [0.4, 0.5) is 0 Å². The van der Waals surface area contributed by atoms with E-state index in [1.807, 2.05) is 36.0 Å². The fraction of sp³-hybridized carbons (Fsp3) is 0.333. The Morgan fingerprint density at radius 1 is 1.36 bits per heavy atom. The van der Waals surface area contributed by atoms with E-state index in [1.54, 1.807) is 12.3 Å². The predicted molar refractivity (Wildman–Crippen MR) is 88.2 cm³/mol. The molecule has 0 N–H and O–H groups in total. The average molecular weight is 335 g/mol. The van der Waals surface area contributed by atoms with Gasteiger partial charge in [0, 0.05) is 37.0 Å². The Kier molecular flexibility index (Phi) is 4.04. The molecule has 7 nitrogen and oxygen atoms in total. The number of nitriles is 1. The van der Waals surface area contributed by atoms with Gasteiger partial charge in [0.2, 0.25) is 11.8 Å². The number of benzene rings is 1. The van der Waals surface area contributed by atoms with Crippen molar-refractivity contribution in [3.8, 4) is 17.5 Å². The Bertz CT molecular complexity index is 910. The molecule has 1 fully saturated rings. The fourth-order valence-corrected chi connectivity index (χ4v) is 3.17. The highest BCUT2D eigenvalue weighted by atomic mass is 16.5. The van der Waals surface area contributed by atoms with Crippen LogP contribution in [-0.2, 0) is 11.3 Å². The summed E-state index contributed by atoms with van der Waals surface area (Å²) in [6.07, 6.45) is 4.42. The maximum absolute atomic E-state index is 8.98. The summed E-state index contributed by atoms with van der Waals surface area (Å²) in [6.45, 7) is 3.35. The summed E-state index contributed by atoms with van der Waals surface area (Å²) in [5.41, 5.74) is 2.37. The first-order valence-electron chi connectivity index (χ1n) is 8.18. The van der Waals surface area contributed by atoms with Crippen molar-refractivity contribution in [1.29, 1.82) is 5.26 Å². The van der Waals surface area contributed by atoms with E-state index in [9.17, 15) is 0 Å². The normalized spacial score (nSPS) is 19.8. The first kappa shape index (κ1) is 15.5. The molecule has 4 rings (SSSR count). The van der Waals surface area contributed by atoms with E-state index in [-0.39, 0.29) is 12.0 Å². The van der Waals surface area contributed by atoms with E-state index in [0.717, 1.165) is 24.1 Å². The van der Waals surface area contributed by atoms with Crippen LogP contribution in [0.3, 0.4) is 0 Å². The van der Waals surface area contributed by atoms with E-state index in [1.165, 1.54) is 0 Å². The molecule has 0 unspecified atom stereocenters. The molecule has 1 aliphatic rings. The van der Waals surface area contributed by atoms with E-state index < -0.39 is 0 Å². The molecular formula is C18H17N5O2. The van der Waals surface area contributed by atoms with Crippen molar-refractivity contribution in [2.45, 2.75) is 26.0 Å². The fourth-order valence-electron chi connectivity index (χ4n) is 3.17. The van der Waals surface area contributed by atoms with Gasteiger partial charge in [0.25, 0.3) is 0 Å². The van der Waals surface area contributed by atoms with E-state index in [2.05, 4.69) is 21.4 Å². The molecule has 0 radical (unpaired) electrons. The van der Waals surface area contributed by atoms with Gasteiger partial charge in [0.1, 0.15) is 6.10 Å². The lowest BCUT2D eigenvalue weighted by molar-refractivity contribution is 0.0634. The standard InChI is InChI=1S/C18H17N5O2/c1-12-9-13(10-19)3-4-15(12)17-21-22-18(25-17)16-14(5-8-24-16)11-23-7-2-6-20-23/h2-4,6-7,9,14,16H,5,8,11H2,1H3/t14-,16-/m0/s1. The molecule has 2 atom stereocenters. The van der Waals surface area contributed by atoms with Crippen molar-refractivity contribution < 1.29 is 9.15 Å². The third kappa shape index (κ3) is 3.04. The zero-order valence-electron chi connectivity index (χ0n) is 13.8. The summed E-state index contributed by atoms with van der Waals surface area (Å²) < 4.78 is 13.6. The second-order valence-corrected chi connectivity index (χ2v) is 6.16. The molecule has 0 bridgehead atoms. The van der Waals surface area contributed by atoms with Gasteiger partial charge >= 0.3 is 0 Å². The zero-order chi connectivity index (χ0) is 17.2. The summed E-state index contributed by atoms with van der Waals surface area (Å²) in [6, 6.07) is 9.43. The number of aryl methyl sites for hydroxylation is 1. The summed E-state index contributed by atoms with van der Waals surface area (Å²) in [7, 11) is 0. The van der Waals surface area contributed by atoms with Crippen LogP contribution in [0.5, 0.6) is 0 Å². The predicted octanol–water partition coefficient (Wildman–Crippen LogP) is 2.89. The van der Waals surface area contributed by atoms with Gasteiger partial charge in [0.05, 0.1) is 11.6 Å².